The van der Waals surface area contributed by atoms with Crippen LogP contribution in [-0.4, -0.2) is 5.91 Å². The van der Waals surface area contributed by atoms with E-state index >= 15 is 0 Å². The minimum Gasteiger partial charge on any atom is -0.325 e. The quantitative estimate of drug-likeness (QED) is 0.697. The van der Waals surface area contributed by atoms with Crippen LogP contribution >= 0.6 is 0 Å². The Morgan fingerprint density at radius 1 is 1.31 bits per heavy atom. The number of carbonyl (C=O) groups excluding carboxylic acids is 1. The Hall–Kier alpha value is -1.31. The highest BCUT2D eigenvalue weighted by Crippen LogP contribution is 2.36. The highest BCUT2D eigenvalue weighted by Gasteiger charge is 2.31. The smallest absolute Gasteiger partial charge is 0.232 e. The van der Waals surface area contributed by atoms with Crippen LogP contribution in [0.3, 0.4) is 0 Å². The van der Waals surface area contributed by atoms with Crippen LogP contribution in [0.25, 0.3) is 0 Å². The largest absolute Gasteiger partial charge is 0.325 e. The number of para-hydroxylation sites is 1. The van der Waals surface area contributed by atoms with E-state index < -0.39 is 0 Å². The van der Waals surface area contributed by atoms with Crippen LogP contribution in [0.15, 0.2) is 24.3 Å². The normalized spacial score (nSPS) is 20.2. The molecule has 68 valence electrons. The van der Waals surface area contributed by atoms with Gasteiger partial charge in [-0.25, -0.2) is 0 Å². The fourth-order valence-electron chi connectivity index (χ4n) is 1.90. The molecule has 0 saturated carbocycles. The molecular weight excluding hydrogens is 162 g/mol. The van der Waals surface area contributed by atoms with Crippen molar-refractivity contribution >= 4 is 11.6 Å². The van der Waals surface area contributed by atoms with Crippen molar-refractivity contribution in [3.8, 4) is 0 Å². The number of benzene rings is 1. The van der Waals surface area contributed by atoms with E-state index in [1.54, 1.807) is 0 Å². The lowest BCUT2D eigenvalue weighted by atomic mass is 9.90. The molecule has 1 N–H and O–H groups in total. The van der Waals surface area contributed by atoms with Gasteiger partial charge in [0.2, 0.25) is 5.91 Å². The summed E-state index contributed by atoms with van der Waals surface area (Å²) in [6.45, 7) is 4.15. The van der Waals surface area contributed by atoms with Gasteiger partial charge in [-0.15, -0.1) is 0 Å². The van der Waals surface area contributed by atoms with E-state index in [0.29, 0.717) is 5.92 Å². The summed E-state index contributed by atoms with van der Waals surface area (Å²) in [4.78, 5) is 11.6. The number of hydrogen-bond donors (Lipinski definition) is 1. The van der Waals surface area contributed by atoms with Gasteiger partial charge in [0.05, 0.1) is 5.92 Å². The number of nitrogens with one attached hydrogen (secondary N) is 1. The molecule has 1 atom stereocenters. The van der Waals surface area contributed by atoms with Gasteiger partial charge < -0.3 is 5.32 Å². The van der Waals surface area contributed by atoms with Gasteiger partial charge in [0.25, 0.3) is 0 Å². The molecule has 0 aliphatic carbocycles. The van der Waals surface area contributed by atoms with E-state index in [4.69, 9.17) is 0 Å². The fourth-order valence-corrected chi connectivity index (χ4v) is 1.90. The van der Waals surface area contributed by atoms with Crippen LogP contribution in [0.1, 0.15) is 25.3 Å². The van der Waals surface area contributed by atoms with E-state index in [2.05, 4.69) is 19.2 Å². The predicted octanol–water partition coefficient (Wildman–Crippen LogP) is 2.38. The van der Waals surface area contributed by atoms with E-state index in [1.807, 2.05) is 24.3 Å². The van der Waals surface area contributed by atoms with Crippen LogP contribution in [-0.2, 0) is 4.79 Å². The molecule has 2 nitrogen and oxygen atoms in total. The number of rotatable bonds is 1. The lowest BCUT2D eigenvalue weighted by Gasteiger charge is -2.11. The van der Waals surface area contributed by atoms with Crippen LogP contribution < -0.4 is 5.32 Å². The molecular formula is C11H13NO. The molecule has 1 aromatic rings. The maximum atomic E-state index is 11.6. The Balaban J connectivity index is 2.46. The molecule has 2 heteroatoms. The number of carbonyl (C=O) groups is 1. The molecule has 1 aliphatic rings. The molecule has 1 aliphatic heterocycles. The summed E-state index contributed by atoms with van der Waals surface area (Å²) in [7, 11) is 0. The van der Waals surface area contributed by atoms with E-state index in [0.717, 1.165) is 11.3 Å². The number of anilines is 1. The van der Waals surface area contributed by atoms with Gasteiger partial charge in [-0.2, -0.15) is 0 Å². The van der Waals surface area contributed by atoms with Crippen LogP contribution in [0.5, 0.6) is 0 Å². The first-order valence-corrected chi connectivity index (χ1v) is 4.60. The minimum atomic E-state index is 0.0381. The van der Waals surface area contributed by atoms with Crippen molar-refractivity contribution < 1.29 is 4.79 Å². The molecule has 0 spiro atoms. The monoisotopic (exact) mass is 175 g/mol. The van der Waals surface area contributed by atoms with Crippen molar-refractivity contribution in [3.63, 3.8) is 0 Å². The Labute approximate surface area is 78.0 Å². The molecule has 1 aromatic carbocycles. The molecule has 2 rings (SSSR count). The van der Waals surface area contributed by atoms with Crippen molar-refractivity contribution in [2.75, 3.05) is 5.32 Å². The van der Waals surface area contributed by atoms with Gasteiger partial charge in [0, 0.05) is 5.69 Å². The zero-order chi connectivity index (χ0) is 9.42. The van der Waals surface area contributed by atoms with Gasteiger partial charge in [-0.1, -0.05) is 32.0 Å². The number of hydrogen-bond acceptors (Lipinski definition) is 1. The van der Waals surface area contributed by atoms with Crippen molar-refractivity contribution in [2.45, 2.75) is 19.8 Å². The van der Waals surface area contributed by atoms with Crippen molar-refractivity contribution in [3.05, 3.63) is 29.8 Å². The Morgan fingerprint density at radius 3 is 2.69 bits per heavy atom. The Kier molecular flexibility index (Phi) is 1.83. The van der Waals surface area contributed by atoms with Gasteiger partial charge in [-0.05, 0) is 17.5 Å². The fraction of sp³-hybridized carbons (Fsp3) is 0.364. The maximum Gasteiger partial charge on any atom is 0.232 e. The third-order valence-corrected chi connectivity index (χ3v) is 2.50. The van der Waals surface area contributed by atoms with Crippen LogP contribution in [0.2, 0.25) is 0 Å². The highest BCUT2D eigenvalue weighted by molar-refractivity contribution is 6.02. The summed E-state index contributed by atoms with van der Waals surface area (Å²) in [5, 5.41) is 2.89. The average molecular weight is 175 g/mol. The second-order valence-electron chi connectivity index (χ2n) is 3.80. The van der Waals surface area contributed by atoms with E-state index in [1.165, 1.54) is 0 Å². The molecule has 0 fully saturated rings. The summed E-state index contributed by atoms with van der Waals surface area (Å²) < 4.78 is 0. The lowest BCUT2D eigenvalue weighted by molar-refractivity contribution is -0.117. The molecule has 0 unspecified atom stereocenters. The SMILES string of the molecule is CC(C)[C@H]1C(=O)Nc2ccccc21. The average Bonchev–Trinajstić information content (AvgIpc) is 2.39. The third-order valence-electron chi connectivity index (χ3n) is 2.50. The van der Waals surface area contributed by atoms with Crippen molar-refractivity contribution in [1.29, 1.82) is 0 Å². The maximum absolute atomic E-state index is 11.6. The minimum absolute atomic E-state index is 0.0381. The molecule has 13 heavy (non-hydrogen) atoms. The topological polar surface area (TPSA) is 29.1 Å². The third kappa shape index (κ3) is 1.22. The Bertz CT molecular complexity index is 344. The van der Waals surface area contributed by atoms with Gasteiger partial charge in [0.1, 0.15) is 0 Å². The summed E-state index contributed by atoms with van der Waals surface area (Å²) in [5.41, 5.74) is 2.12. The summed E-state index contributed by atoms with van der Waals surface area (Å²) in [6.07, 6.45) is 0. The Morgan fingerprint density at radius 2 is 2.00 bits per heavy atom. The number of fused-ring (bicyclic) bond motifs is 1. The van der Waals surface area contributed by atoms with Gasteiger partial charge >= 0.3 is 0 Å². The summed E-state index contributed by atoms with van der Waals surface area (Å²) in [5.74, 6) is 0.538. The van der Waals surface area contributed by atoms with Crippen molar-refractivity contribution in [1.82, 2.24) is 0 Å². The zero-order valence-corrected chi connectivity index (χ0v) is 7.87. The molecule has 0 aromatic heterocycles. The summed E-state index contributed by atoms with van der Waals surface area (Å²) >= 11 is 0. The predicted molar refractivity (Wildman–Crippen MR) is 52.7 cm³/mol. The lowest BCUT2D eigenvalue weighted by Crippen LogP contribution is -2.16. The van der Waals surface area contributed by atoms with Gasteiger partial charge in [-0.3, -0.25) is 4.79 Å². The number of amides is 1. The highest BCUT2D eigenvalue weighted by atomic mass is 16.2. The summed E-state index contributed by atoms with van der Waals surface area (Å²) in [6, 6.07) is 7.91. The van der Waals surface area contributed by atoms with Crippen LogP contribution in [0, 0.1) is 5.92 Å². The van der Waals surface area contributed by atoms with Gasteiger partial charge in [0.15, 0.2) is 0 Å². The first-order chi connectivity index (χ1) is 6.20. The molecule has 1 heterocycles. The zero-order valence-electron chi connectivity index (χ0n) is 7.87. The second-order valence-corrected chi connectivity index (χ2v) is 3.80. The second kappa shape index (κ2) is 2.87. The van der Waals surface area contributed by atoms with Crippen LogP contribution in [0.4, 0.5) is 5.69 Å². The molecule has 0 radical (unpaired) electrons. The van der Waals surface area contributed by atoms with E-state index in [9.17, 15) is 4.79 Å². The first kappa shape index (κ1) is 8.30. The molecule has 1 amide bonds. The molecule has 0 saturated heterocycles. The van der Waals surface area contributed by atoms with E-state index in [-0.39, 0.29) is 11.8 Å². The molecule has 0 bridgehead atoms. The first-order valence-electron chi connectivity index (χ1n) is 4.60. The van der Waals surface area contributed by atoms with Crippen molar-refractivity contribution in [2.24, 2.45) is 5.92 Å². The standard InChI is InChI=1S/C11H13NO/c1-7(2)10-8-5-3-4-6-9(8)12-11(10)13/h3-7,10H,1-2H3,(H,12,13)/t10-/m1/s1.